The summed E-state index contributed by atoms with van der Waals surface area (Å²) in [5.41, 5.74) is 0.231. The van der Waals surface area contributed by atoms with Crippen molar-refractivity contribution in [3.63, 3.8) is 0 Å². The Hall–Kier alpha value is -2.08. The quantitative estimate of drug-likeness (QED) is 0.840. The number of benzene rings is 1. The fourth-order valence-electron chi connectivity index (χ4n) is 1.48. The molecule has 0 aromatic heterocycles. The van der Waals surface area contributed by atoms with Crippen LogP contribution in [0.4, 0.5) is 4.79 Å². The number of aliphatic carboxylic acids is 1. The molecule has 1 rings (SSSR count). The molecule has 6 nitrogen and oxygen atoms in total. The van der Waals surface area contributed by atoms with Crippen LogP contribution in [0.2, 0.25) is 0 Å². The van der Waals surface area contributed by atoms with Gasteiger partial charge in [-0.2, -0.15) is 0 Å². The Kier molecular flexibility index (Phi) is 6.17. The molecule has 116 valence electrons. The van der Waals surface area contributed by atoms with Crippen LogP contribution in [0, 0.1) is 0 Å². The molecule has 0 aliphatic carbocycles. The summed E-state index contributed by atoms with van der Waals surface area (Å²) in [6.45, 7) is 5.19. The zero-order valence-electron chi connectivity index (χ0n) is 12.5. The van der Waals surface area contributed by atoms with E-state index in [0.29, 0.717) is 0 Å². The Balaban J connectivity index is 2.44. The number of carbonyl (C=O) groups excluding carboxylic acids is 1. The van der Waals surface area contributed by atoms with Crippen LogP contribution in [0.3, 0.4) is 0 Å². The lowest BCUT2D eigenvalue weighted by Gasteiger charge is -2.21. The topological polar surface area (TPSA) is 84.9 Å². The minimum absolute atomic E-state index is 0.156. The molecule has 0 bridgehead atoms. The first kappa shape index (κ1) is 17.0. The first-order valence-corrected chi connectivity index (χ1v) is 6.63. The second-order valence-corrected chi connectivity index (χ2v) is 5.51. The summed E-state index contributed by atoms with van der Waals surface area (Å²) in [7, 11) is 0. The zero-order valence-corrected chi connectivity index (χ0v) is 12.5. The maximum Gasteiger partial charge on any atom is 0.407 e. The first-order valence-electron chi connectivity index (χ1n) is 6.63. The first-order chi connectivity index (χ1) is 9.78. The smallest absolute Gasteiger partial charge is 0.407 e. The van der Waals surface area contributed by atoms with Crippen LogP contribution in [-0.4, -0.2) is 35.4 Å². The summed E-state index contributed by atoms with van der Waals surface area (Å²) >= 11 is 0. The number of rotatable bonds is 6. The summed E-state index contributed by atoms with van der Waals surface area (Å²) < 4.78 is 10.3. The van der Waals surface area contributed by atoms with E-state index in [4.69, 9.17) is 14.6 Å². The van der Waals surface area contributed by atoms with Crippen molar-refractivity contribution in [3.05, 3.63) is 35.9 Å². The van der Waals surface area contributed by atoms with Gasteiger partial charge in [0, 0.05) is 0 Å². The van der Waals surface area contributed by atoms with Crippen LogP contribution in [0.5, 0.6) is 0 Å². The summed E-state index contributed by atoms with van der Waals surface area (Å²) in [5.74, 6) is -1.14. The molecule has 1 amide bonds. The molecule has 1 aromatic rings. The monoisotopic (exact) mass is 295 g/mol. The second-order valence-electron chi connectivity index (χ2n) is 5.51. The van der Waals surface area contributed by atoms with Crippen LogP contribution in [0.1, 0.15) is 26.3 Å². The van der Waals surface area contributed by atoms with Crippen molar-refractivity contribution in [1.82, 2.24) is 5.32 Å². The van der Waals surface area contributed by atoms with Gasteiger partial charge in [-0.1, -0.05) is 30.3 Å². The molecule has 0 saturated carbocycles. The summed E-state index contributed by atoms with van der Waals surface area (Å²) in [6, 6.07) is 9.21. The number of nitrogens with one attached hydrogen (secondary N) is 1. The molecule has 0 spiro atoms. The lowest BCUT2D eigenvalue weighted by molar-refractivity contribution is -0.150. The maximum absolute atomic E-state index is 11.5. The van der Waals surface area contributed by atoms with E-state index >= 15 is 0 Å². The Morgan fingerprint density at radius 2 is 1.86 bits per heavy atom. The van der Waals surface area contributed by atoms with Crippen molar-refractivity contribution in [2.24, 2.45) is 0 Å². The summed E-state index contributed by atoms with van der Waals surface area (Å²) in [4.78, 5) is 22.6. The normalized spacial score (nSPS) is 12.5. The van der Waals surface area contributed by atoms with Gasteiger partial charge in [0.05, 0.1) is 13.2 Å². The summed E-state index contributed by atoms with van der Waals surface area (Å²) in [5, 5.41) is 11.5. The SMILES string of the molecule is CC(C)(C)OC(=O)NCC(OCc1ccccc1)C(=O)O. The third-order valence-electron chi connectivity index (χ3n) is 2.40. The van der Waals surface area contributed by atoms with Crippen LogP contribution >= 0.6 is 0 Å². The number of hydrogen-bond donors (Lipinski definition) is 2. The number of carboxylic acids is 1. The highest BCUT2D eigenvalue weighted by Crippen LogP contribution is 2.07. The van der Waals surface area contributed by atoms with Gasteiger partial charge in [0.25, 0.3) is 0 Å². The highest BCUT2D eigenvalue weighted by Gasteiger charge is 2.21. The van der Waals surface area contributed by atoms with Gasteiger partial charge in [-0.05, 0) is 26.3 Å². The maximum atomic E-state index is 11.5. The standard InChI is InChI=1S/C15H21NO5/c1-15(2,3)21-14(19)16-9-12(13(17)18)20-10-11-7-5-4-6-8-11/h4-8,12H,9-10H2,1-3H3,(H,16,19)(H,17,18). The number of hydrogen-bond acceptors (Lipinski definition) is 4. The molecular formula is C15H21NO5. The number of ether oxygens (including phenoxy) is 2. The average molecular weight is 295 g/mol. The van der Waals surface area contributed by atoms with Crippen molar-refractivity contribution < 1.29 is 24.2 Å². The molecule has 0 aliphatic rings. The summed E-state index contributed by atoms with van der Waals surface area (Å²) in [6.07, 6.45) is -1.80. The number of carboxylic acid groups (broad SMARTS) is 1. The van der Waals surface area contributed by atoms with Gasteiger partial charge in [0.2, 0.25) is 0 Å². The molecule has 1 unspecified atom stereocenters. The van der Waals surface area contributed by atoms with E-state index in [1.807, 2.05) is 30.3 Å². The lowest BCUT2D eigenvalue weighted by atomic mass is 10.2. The van der Waals surface area contributed by atoms with E-state index in [-0.39, 0.29) is 13.2 Å². The largest absolute Gasteiger partial charge is 0.479 e. The molecule has 0 aliphatic heterocycles. The Morgan fingerprint density at radius 1 is 1.24 bits per heavy atom. The van der Waals surface area contributed by atoms with Gasteiger partial charge in [-0.15, -0.1) is 0 Å². The molecular weight excluding hydrogens is 274 g/mol. The van der Waals surface area contributed by atoms with Gasteiger partial charge in [-0.3, -0.25) is 0 Å². The fraction of sp³-hybridized carbons (Fsp3) is 0.467. The van der Waals surface area contributed by atoms with Crippen molar-refractivity contribution in [2.75, 3.05) is 6.54 Å². The van der Waals surface area contributed by atoms with Crippen LogP contribution < -0.4 is 5.32 Å². The van der Waals surface area contributed by atoms with E-state index in [1.165, 1.54) is 0 Å². The van der Waals surface area contributed by atoms with Crippen LogP contribution in [0.15, 0.2) is 30.3 Å². The van der Waals surface area contributed by atoms with Crippen molar-refractivity contribution in [1.29, 1.82) is 0 Å². The van der Waals surface area contributed by atoms with Crippen LogP contribution in [0.25, 0.3) is 0 Å². The van der Waals surface area contributed by atoms with E-state index in [1.54, 1.807) is 20.8 Å². The van der Waals surface area contributed by atoms with Gasteiger partial charge >= 0.3 is 12.1 Å². The van der Waals surface area contributed by atoms with E-state index in [9.17, 15) is 9.59 Å². The second kappa shape index (κ2) is 7.64. The predicted molar refractivity (Wildman–Crippen MR) is 76.9 cm³/mol. The highest BCUT2D eigenvalue weighted by molar-refractivity contribution is 5.74. The molecule has 0 heterocycles. The Labute approximate surface area is 124 Å². The van der Waals surface area contributed by atoms with Crippen molar-refractivity contribution in [2.45, 2.75) is 39.1 Å². The minimum atomic E-state index is -1.14. The van der Waals surface area contributed by atoms with Crippen LogP contribution in [-0.2, 0) is 20.9 Å². The van der Waals surface area contributed by atoms with Gasteiger partial charge < -0.3 is 19.9 Å². The highest BCUT2D eigenvalue weighted by atomic mass is 16.6. The molecule has 0 saturated heterocycles. The molecule has 2 N–H and O–H groups in total. The van der Waals surface area contributed by atoms with Gasteiger partial charge in [0.15, 0.2) is 6.10 Å². The zero-order chi connectivity index (χ0) is 15.9. The number of amides is 1. The Morgan fingerprint density at radius 3 is 2.38 bits per heavy atom. The van der Waals surface area contributed by atoms with Crippen molar-refractivity contribution >= 4 is 12.1 Å². The van der Waals surface area contributed by atoms with Gasteiger partial charge in [0.1, 0.15) is 5.60 Å². The molecule has 6 heteroatoms. The van der Waals surface area contributed by atoms with E-state index in [2.05, 4.69) is 5.32 Å². The number of alkyl carbamates (subject to hydrolysis) is 1. The third kappa shape index (κ3) is 7.31. The molecule has 0 radical (unpaired) electrons. The van der Waals surface area contributed by atoms with Gasteiger partial charge in [-0.25, -0.2) is 9.59 Å². The third-order valence-corrected chi connectivity index (χ3v) is 2.40. The molecule has 1 aromatic carbocycles. The van der Waals surface area contributed by atoms with Crippen molar-refractivity contribution in [3.8, 4) is 0 Å². The van der Waals surface area contributed by atoms with E-state index in [0.717, 1.165) is 5.56 Å². The molecule has 0 fully saturated rings. The lowest BCUT2D eigenvalue weighted by Crippen LogP contribution is -2.40. The Bertz CT molecular complexity index is 467. The fourth-order valence-corrected chi connectivity index (χ4v) is 1.48. The molecule has 21 heavy (non-hydrogen) atoms. The van der Waals surface area contributed by atoms with E-state index < -0.39 is 23.8 Å². The minimum Gasteiger partial charge on any atom is -0.479 e. The average Bonchev–Trinajstić information content (AvgIpc) is 2.37. The number of carbonyl (C=O) groups is 2. The predicted octanol–water partition coefficient (Wildman–Crippen LogP) is 2.18. The molecule has 1 atom stereocenters.